The Morgan fingerprint density at radius 2 is 1.88 bits per heavy atom. The van der Waals surface area contributed by atoms with Crippen molar-refractivity contribution < 1.29 is 9.47 Å². The molecule has 1 fully saturated rings. The van der Waals surface area contributed by atoms with Gasteiger partial charge in [-0.2, -0.15) is 0 Å². The van der Waals surface area contributed by atoms with E-state index in [9.17, 15) is 0 Å². The van der Waals surface area contributed by atoms with E-state index >= 15 is 0 Å². The first-order chi connectivity index (χ1) is 8.25. The van der Waals surface area contributed by atoms with Gasteiger partial charge in [-0.05, 0) is 25.5 Å². The Bertz CT molecular complexity index is 442. The summed E-state index contributed by atoms with van der Waals surface area (Å²) in [6.07, 6.45) is 0.133. The van der Waals surface area contributed by atoms with Gasteiger partial charge in [0.25, 0.3) is 0 Å². The zero-order chi connectivity index (χ0) is 11.8. The molecule has 0 bridgehead atoms. The molecule has 0 atom stereocenters. The Morgan fingerprint density at radius 1 is 1.18 bits per heavy atom. The van der Waals surface area contributed by atoms with E-state index in [0.717, 1.165) is 41.4 Å². The van der Waals surface area contributed by atoms with Crippen molar-refractivity contribution in [3.63, 3.8) is 0 Å². The molecular weight excluding hydrogens is 218 g/mol. The molecule has 0 saturated carbocycles. The number of nitrogens with one attached hydrogen (secondary N) is 3. The molecule has 1 saturated heterocycles. The fourth-order valence-corrected chi connectivity index (χ4v) is 2.28. The molecule has 3 N–H and O–H groups in total. The van der Waals surface area contributed by atoms with Crippen molar-refractivity contribution in [1.29, 1.82) is 0 Å². The lowest BCUT2D eigenvalue weighted by Gasteiger charge is -2.18. The summed E-state index contributed by atoms with van der Waals surface area (Å²) in [6, 6.07) is 2.10. The van der Waals surface area contributed by atoms with Crippen LogP contribution in [0.15, 0.2) is 6.07 Å². The van der Waals surface area contributed by atoms with E-state index in [2.05, 4.69) is 22.0 Å². The number of hydrogen-bond donors (Lipinski definition) is 3. The number of ether oxygens (including phenoxy) is 2. The SMILES string of the molecule is Cc1cc(NC2NCCN2)c(C)c2c1OCO2. The lowest BCUT2D eigenvalue weighted by Crippen LogP contribution is -2.38. The van der Waals surface area contributed by atoms with Gasteiger partial charge < -0.3 is 14.8 Å². The van der Waals surface area contributed by atoms with Crippen LogP contribution in [0, 0.1) is 13.8 Å². The summed E-state index contributed by atoms with van der Waals surface area (Å²) in [5.74, 6) is 1.74. The van der Waals surface area contributed by atoms with E-state index in [1.165, 1.54) is 0 Å². The first kappa shape index (κ1) is 10.7. The second kappa shape index (κ2) is 4.09. The Kier molecular flexibility index (Phi) is 2.57. The maximum absolute atomic E-state index is 5.51. The van der Waals surface area contributed by atoms with Crippen LogP contribution < -0.4 is 25.4 Å². The molecule has 2 aliphatic rings. The molecule has 1 aromatic carbocycles. The lowest BCUT2D eigenvalue weighted by molar-refractivity contribution is 0.173. The highest BCUT2D eigenvalue weighted by Crippen LogP contribution is 2.42. The van der Waals surface area contributed by atoms with E-state index in [1.54, 1.807) is 0 Å². The second-order valence-electron chi connectivity index (χ2n) is 4.42. The second-order valence-corrected chi connectivity index (χ2v) is 4.42. The zero-order valence-electron chi connectivity index (χ0n) is 10.1. The first-order valence-electron chi connectivity index (χ1n) is 5.89. The number of aryl methyl sites for hydroxylation is 1. The average Bonchev–Trinajstić information content (AvgIpc) is 2.96. The van der Waals surface area contributed by atoms with Gasteiger partial charge in [0.2, 0.25) is 6.79 Å². The number of rotatable bonds is 2. The Balaban J connectivity index is 1.91. The Morgan fingerprint density at radius 3 is 2.65 bits per heavy atom. The van der Waals surface area contributed by atoms with Gasteiger partial charge in [-0.3, -0.25) is 10.6 Å². The van der Waals surface area contributed by atoms with Crippen LogP contribution in [-0.2, 0) is 0 Å². The molecule has 1 aromatic rings. The summed E-state index contributed by atoms with van der Waals surface area (Å²) in [6.45, 7) is 6.37. The summed E-state index contributed by atoms with van der Waals surface area (Å²) in [5, 5.41) is 10.1. The minimum absolute atomic E-state index is 0.133. The molecule has 0 aliphatic carbocycles. The molecule has 3 rings (SSSR count). The molecule has 5 heteroatoms. The van der Waals surface area contributed by atoms with Gasteiger partial charge in [-0.1, -0.05) is 0 Å². The first-order valence-corrected chi connectivity index (χ1v) is 5.89. The number of anilines is 1. The standard InChI is InChI=1S/C12H17N3O2/c1-7-5-9(15-12-13-3-4-14-12)8(2)11-10(7)16-6-17-11/h5,12-15H,3-4,6H2,1-2H3. The number of benzene rings is 1. The maximum Gasteiger partial charge on any atom is 0.231 e. The van der Waals surface area contributed by atoms with Crippen LogP contribution in [0.1, 0.15) is 11.1 Å². The molecular formula is C12H17N3O2. The fourth-order valence-electron chi connectivity index (χ4n) is 2.28. The average molecular weight is 235 g/mol. The van der Waals surface area contributed by atoms with Gasteiger partial charge in [-0.15, -0.1) is 0 Å². The van der Waals surface area contributed by atoms with Crippen LogP contribution in [0.4, 0.5) is 5.69 Å². The Labute approximate surface area is 100 Å². The molecule has 0 radical (unpaired) electrons. The summed E-state index contributed by atoms with van der Waals surface area (Å²) in [7, 11) is 0. The van der Waals surface area contributed by atoms with Crippen molar-refractivity contribution in [2.45, 2.75) is 20.1 Å². The third-order valence-corrected chi connectivity index (χ3v) is 3.20. The highest BCUT2D eigenvalue weighted by atomic mass is 16.7. The molecule has 2 aliphatic heterocycles. The monoisotopic (exact) mass is 235 g/mol. The largest absolute Gasteiger partial charge is 0.453 e. The molecule has 92 valence electrons. The quantitative estimate of drug-likeness (QED) is 0.711. The van der Waals surface area contributed by atoms with Crippen molar-refractivity contribution in [3.8, 4) is 11.5 Å². The fraction of sp³-hybridized carbons (Fsp3) is 0.500. The minimum atomic E-state index is 0.133. The third-order valence-electron chi connectivity index (χ3n) is 3.20. The highest BCUT2D eigenvalue weighted by Gasteiger charge is 2.22. The summed E-state index contributed by atoms with van der Waals surface area (Å²) in [5.41, 5.74) is 3.28. The summed E-state index contributed by atoms with van der Waals surface area (Å²) >= 11 is 0. The van der Waals surface area contributed by atoms with Gasteiger partial charge in [0, 0.05) is 24.3 Å². The van der Waals surface area contributed by atoms with Crippen molar-refractivity contribution in [1.82, 2.24) is 10.6 Å². The third kappa shape index (κ3) is 1.81. The number of fused-ring (bicyclic) bond motifs is 1. The van der Waals surface area contributed by atoms with E-state index in [4.69, 9.17) is 9.47 Å². The molecule has 0 aromatic heterocycles. The number of hydrogen-bond acceptors (Lipinski definition) is 5. The predicted octanol–water partition coefficient (Wildman–Crippen LogP) is 0.920. The molecule has 17 heavy (non-hydrogen) atoms. The van der Waals surface area contributed by atoms with E-state index in [0.29, 0.717) is 6.79 Å². The van der Waals surface area contributed by atoms with E-state index in [1.807, 2.05) is 13.8 Å². The minimum Gasteiger partial charge on any atom is -0.453 e. The summed E-state index contributed by atoms with van der Waals surface area (Å²) < 4.78 is 11.0. The molecule has 0 spiro atoms. The van der Waals surface area contributed by atoms with Crippen LogP contribution in [0.5, 0.6) is 11.5 Å². The maximum atomic E-state index is 5.51. The van der Waals surface area contributed by atoms with Crippen molar-refractivity contribution in [2.75, 3.05) is 25.2 Å². The van der Waals surface area contributed by atoms with Crippen LogP contribution >= 0.6 is 0 Å². The van der Waals surface area contributed by atoms with Crippen molar-refractivity contribution in [3.05, 3.63) is 17.2 Å². The van der Waals surface area contributed by atoms with E-state index in [-0.39, 0.29) is 6.29 Å². The predicted molar refractivity (Wildman–Crippen MR) is 65.5 cm³/mol. The highest BCUT2D eigenvalue weighted by molar-refractivity contribution is 5.66. The van der Waals surface area contributed by atoms with Gasteiger partial charge in [-0.25, -0.2) is 0 Å². The zero-order valence-corrected chi connectivity index (χ0v) is 10.1. The van der Waals surface area contributed by atoms with Gasteiger partial charge in [0.05, 0.1) is 0 Å². The molecule has 5 nitrogen and oxygen atoms in total. The smallest absolute Gasteiger partial charge is 0.231 e. The lowest BCUT2D eigenvalue weighted by atomic mass is 10.1. The Hall–Kier alpha value is -1.46. The van der Waals surface area contributed by atoms with Crippen LogP contribution in [0.2, 0.25) is 0 Å². The van der Waals surface area contributed by atoms with Gasteiger partial charge in [0.15, 0.2) is 11.5 Å². The molecule has 2 heterocycles. The van der Waals surface area contributed by atoms with Crippen molar-refractivity contribution in [2.24, 2.45) is 0 Å². The van der Waals surface area contributed by atoms with Crippen LogP contribution in [0.25, 0.3) is 0 Å². The summed E-state index contributed by atoms with van der Waals surface area (Å²) in [4.78, 5) is 0. The van der Waals surface area contributed by atoms with Crippen molar-refractivity contribution >= 4 is 5.69 Å². The topological polar surface area (TPSA) is 54.5 Å². The van der Waals surface area contributed by atoms with Gasteiger partial charge in [0.1, 0.15) is 6.29 Å². The molecule has 0 amide bonds. The van der Waals surface area contributed by atoms with E-state index < -0.39 is 0 Å². The molecule has 0 unspecified atom stereocenters. The normalized spacial score (nSPS) is 18.7. The van der Waals surface area contributed by atoms with Crippen LogP contribution in [-0.4, -0.2) is 26.2 Å². The van der Waals surface area contributed by atoms with Crippen LogP contribution in [0.3, 0.4) is 0 Å². The van der Waals surface area contributed by atoms with Gasteiger partial charge >= 0.3 is 0 Å².